The van der Waals surface area contributed by atoms with E-state index in [2.05, 4.69) is 20.0 Å². The fraction of sp³-hybridized carbons (Fsp3) is 0.158. The molecule has 3 aromatic rings. The fourth-order valence-corrected chi connectivity index (χ4v) is 2.46. The second-order valence-corrected chi connectivity index (χ2v) is 5.67. The van der Waals surface area contributed by atoms with Gasteiger partial charge in [0.15, 0.2) is 0 Å². The summed E-state index contributed by atoms with van der Waals surface area (Å²) in [6.07, 6.45) is -4.19. The average molecular weight is 375 g/mol. The second kappa shape index (κ2) is 8.05. The van der Waals surface area contributed by atoms with Crippen molar-refractivity contribution in [2.75, 3.05) is 11.9 Å². The van der Waals surface area contributed by atoms with Crippen LogP contribution >= 0.6 is 0 Å². The molecule has 0 bridgehead atoms. The standard InChI is InChI=1S/C19H16F3N3O2/c20-19(21,22)27-15-8-4-7-14(9-15)16-10-18(25-12-24-16)23-11-17(26)13-5-2-1-3-6-13/h1-10,12,17,26H,11H2,(H,23,24,25). The number of aliphatic hydroxyl groups is 1. The molecule has 0 aliphatic heterocycles. The van der Waals surface area contributed by atoms with Crippen molar-refractivity contribution in [3.63, 3.8) is 0 Å². The lowest BCUT2D eigenvalue weighted by molar-refractivity contribution is -0.274. The number of hydrogen-bond acceptors (Lipinski definition) is 5. The molecule has 1 aromatic heterocycles. The van der Waals surface area contributed by atoms with E-state index < -0.39 is 12.5 Å². The zero-order chi connectivity index (χ0) is 19.3. The predicted octanol–water partition coefficient (Wildman–Crippen LogP) is 4.19. The highest BCUT2D eigenvalue weighted by Crippen LogP contribution is 2.27. The first-order valence-electron chi connectivity index (χ1n) is 8.06. The Morgan fingerprint density at radius 2 is 1.78 bits per heavy atom. The van der Waals surface area contributed by atoms with Crippen LogP contribution in [0.2, 0.25) is 0 Å². The Labute approximate surface area is 153 Å². The zero-order valence-electron chi connectivity index (χ0n) is 14.0. The first kappa shape index (κ1) is 18.7. The quantitative estimate of drug-likeness (QED) is 0.676. The molecule has 0 amide bonds. The number of anilines is 1. The Hall–Kier alpha value is -3.13. The topological polar surface area (TPSA) is 67.3 Å². The van der Waals surface area contributed by atoms with E-state index in [1.54, 1.807) is 12.1 Å². The van der Waals surface area contributed by atoms with Crippen LogP contribution in [0.25, 0.3) is 11.3 Å². The molecule has 1 heterocycles. The summed E-state index contributed by atoms with van der Waals surface area (Å²) in [5.41, 5.74) is 1.64. The van der Waals surface area contributed by atoms with Gasteiger partial charge in [-0.05, 0) is 17.7 Å². The lowest BCUT2D eigenvalue weighted by Crippen LogP contribution is -2.17. The molecule has 0 saturated carbocycles. The fourth-order valence-electron chi connectivity index (χ4n) is 2.46. The van der Waals surface area contributed by atoms with Crippen molar-refractivity contribution in [1.29, 1.82) is 0 Å². The van der Waals surface area contributed by atoms with Crippen LogP contribution in [0.5, 0.6) is 5.75 Å². The number of nitrogens with one attached hydrogen (secondary N) is 1. The van der Waals surface area contributed by atoms with Crippen molar-refractivity contribution in [2.24, 2.45) is 0 Å². The lowest BCUT2D eigenvalue weighted by atomic mass is 10.1. The van der Waals surface area contributed by atoms with E-state index in [4.69, 9.17) is 0 Å². The molecule has 0 radical (unpaired) electrons. The summed E-state index contributed by atoms with van der Waals surface area (Å²) in [5, 5.41) is 13.2. The third-order valence-corrected chi connectivity index (χ3v) is 3.69. The Bertz CT molecular complexity index is 889. The van der Waals surface area contributed by atoms with Gasteiger partial charge in [0.1, 0.15) is 17.9 Å². The summed E-state index contributed by atoms with van der Waals surface area (Å²) in [6.45, 7) is 0.220. The summed E-state index contributed by atoms with van der Waals surface area (Å²) in [5.74, 6) is 0.116. The molecule has 3 rings (SSSR count). The number of ether oxygens (including phenoxy) is 1. The van der Waals surface area contributed by atoms with Gasteiger partial charge in [0.25, 0.3) is 0 Å². The summed E-state index contributed by atoms with van der Waals surface area (Å²) in [7, 11) is 0. The number of aliphatic hydroxyl groups excluding tert-OH is 1. The van der Waals surface area contributed by atoms with Gasteiger partial charge in [-0.15, -0.1) is 13.2 Å². The van der Waals surface area contributed by atoms with Crippen LogP contribution in [0.15, 0.2) is 67.0 Å². The van der Waals surface area contributed by atoms with E-state index in [0.717, 1.165) is 5.56 Å². The molecule has 2 aromatic carbocycles. The molecule has 0 aliphatic carbocycles. The van der Waals surface area contributed by atoms with Crippen molar-refractivity contribution in [2.45, 2.75) is 12.5 Å². The normalized spacial score (nSPS) is 12.4. The minimum atomic E-state index is -4.76. The largest absolute Gasteiger partial charge is 0.573 e. The first-order valence-corrected chi connectivity index (χ1v) is 8.06. The van der Waals surface area contributed by atoms with Crippen molar-refractivity contribution in [3.8, 4) is 17.0 Å². The zero-order valence-corrected chi connectivity index (χ0v) is 14.0. The van der Waals surface area contributed by atoms with E-state index in [9.17, 15) is 18.3 Å². The van der Waals surface area contributed by atoms with E-state index >= 15 is 0 Å². The number of hydrogen-bond donors (Lipinski definition) is 2. The van der Waals surface area contributed by atoms with Crippen molar-refractivity contribution >= 4 is 5.82 Å². The Morgan fingerprint density at radius 1 is 1.00 bits per heavy atom. The molecule has 1 atom stereocenters. The van der Waals surface area contributed by atoms with Crippen LogP contribution in [0.4, 0.5) is 19.0 Å². The molecule has 5 nitrogen and oxygen atoms in total. The summed E-state index contributed by atoms with van der Waals surface area (Å²) >= 11 is 0. The van der Waals surface area contributed by atoms with Crippen LogP contribution in [-0.2, 0) is 0 Å². The monoisotopic (exact) mass is 375 g/mol. The number of halogens is 3. The van der Waals surface area contributed by atoms with Crippen molar-refractivity contribution in [1.82, 2.24) is 9.97 Å². The van der Waals surface area contributed by atoms with E-state index in [-0.39, 0.29) is 12.3 Å². The van der Waals surface area contributed by atoms with Crippen LogP contribution in [0.1, 0.15) is 11.7 Å². The molecular formula is C19H16F3N3O2. The SMILES string of the molecule is OC(CNc1cc(-c2cccc(OC(F)(F)F)c2)ncn1)c1ccccc1. The molecule has 0 fully saturated rings. The Balaban J connectivity index is 1.71. The van der Waals surface area contributed by atoms with Crippen molar-refractivity contribution < 1.29 is 23.0 Å². The highest BCUT2D eigenvalue weighted by atomic mass is 19.4. The maximum Gasteiger partial charge on any atom is 0.573 e. The molecular weight excluding hydrogens is 359 g/mol. The van der Waals surface area contributed by atoms with Gasteiger partial charge in [0.2, 0.25) is 0 Å². The lowest BCUT2D eigenvalue weighted by Gasteiger charge is -2.13. The minimum Gasteiger partial charge on any atom is -0.406 e. The molecule has 27 heavy (non-hydrogen) atoms. The van der Waals surface area contributed by atoms with Gasteiger partial charge in [-0.3, -0.25) is 0 Å². The van der Waals surface area contributed by atoms with Crippen LogP contribution in [0.3, 0.4) is 0 Å². The van der Waals surface area contributed by atoms with Gasteiger partial charge in [0, 0.05) is 18.2 Å². The molecule has 0 spiro atoms. The van der Waals surface area contributed by atoms with Gasteiger partial charge in [-0.2, -0.15) is 0 Å². The van der Waals surface area contributed by atoms with E-state index in [1.165, 1.54) is 24.5 Å². The van der Waals surface area contributed by atoms with Gasteiger partial charge >= 0.3 is 6.36 Å². The number of rotatable bonds is 6. The molecule has 0 aliphatic rings. The smallest absolute Gasteiger partial charge is 0.406 e. The van der Waals surface area contributed by atoms with E-state index in [0.29, 0.717) is 17.1 Å². The molecule has 0 saturated heterocycles. The van der Waals surface area contributed by atoms with Crippen LogP contribution in [0, 0.1) is 0 Å². The highest BCUT2D eigenvalue weighted by molar-refractivity contribution is 5.63. The van der Waals surface area contributed by atoms with Crippen molar-refractivity contribution in [3.05, 3.63) is 72.6 Å². The van der Waals surface area contributed by atoms with Crippen LogP contribution < -0.4 is 10.1 Å². The second-order valence-electron chi connectivity index (χ2n) is 5.67. The van der Waals surface area contributed by atoms with Crippen LogP contribution in [-0.4, -0.2) is 28.0 Å². The molecule has 2 N–H and O–H groups in total. The maximum absolute atomic E-state index is 12.4. The molecule has 8 heteroatoms. The third kappa shape index (κ3) is 5.42. The third-order valence-electron chi connectivity index (χ3n) is 3.69. The summed E-state index contributed by atoms with van der Waals surface area (Å²) in [4.78, 5) is 8.15. The number of benzene rings is 2. The Kier molecular flexibility index (Phi) is 5.56. The van der Waals surface area contributed by atoms with Gasteiger partial charge < -0.3 is 15.2 Å². The highest BCUT2D eigenvalue weighted by Gasteiger charge is 2.31. The Morgan fingerprint density at radius 3 is 2.52 bits per heavy atom. The number of alkyl halides is 3. The maximum atomic E-state index is 12.4. The number of aromatic nitrogens is 2. The summed E-state index contributed by atoms with van der Waals surface area (Å²) in [6, 6.07) is 16.3. The number of nitrogens with zero attached hydrogens (tertiary/aromatic N) is 2. The molecule has 140 valence electrons. The minimum absolute atomic E-state index is 0.220. The van der Waals surface area contributed by atoms with E-state index in [1.807, 2.05) is 30.3 Å². The molecule has 1 unspecified atom stereocenters. The van der Waals surface area contributed by atoms with Gasteiger partial charge in [-0.1, -0.05) is 42.5 Å². The average Bonchev–Trinajstić information content (AvgIpc) is 2.66. The summed E-state index contributed by atoms with van der Waals surface area (Å²) < 4.78 is 41.1. The predicted molar refractivity (Wildman–Crippen MR) is 94.0 cm³/mol. The van der Waals surface area contributed by atoms with Gasteiger partial charge in [0.05, 0.1) is 11.8 Å². The van der Waals surface area contributed by atoms with Gasteiger partial charge in [-0.25, -0.2) is 9.97 Å². The first-order chi connectivity index (χ1) is 12.9.